The van der Waals surface area contributed by atoms with Gasteiger partial charge in [-0.3, -0.25) is 0 Å². The van der Waals surface area contributed by atoms with Gasteiger partial charge >= 0.3 is 0 Å². The summed E-state index contributed by atoms with van der Waals surface area (Å²) in [5.74, 6) is 0. The molecule has 3 heterocycles. The Morgan fingerprint density at radius 3 is 2.63 bits per heavy atom. The Morgan fingerprint density at radius 1 is 1.00 bits per heavy atom. The zero-order valence-electron chi connectivity index (χ0n) is 10.6. The van der Waals surface area contributed by atoms with Crippen molar-refractivity contribution in [2.75, 3.05) is 13.7 Å². The lowest BCUT2D eigenvalue weighted by Crippen LogP contribution is -2.52. The molecule has 1 aromatic rings. The molecule has 102 valence electrons. The second kappa shape index (κ2) is 4.54. The monoisotopic (exact) mass is 264 g/mol. The van der Waals surface area contributed by atoms with Crippen LogP contribution in [0.1, 0.15) is 11.9 Å². The van der Waals surface area contributed by atoms with Crippen LogP contribution in [0.5, 0.6) is 0 Å². The molecular weight excluding hydrogens is 248 g/mol. The van der Waals surface area contributed by atoms with Crippen LogP contribution in [0.3, 0.4) is 0 Å². The Morgan fingerprint density at radius 2 is 1.84 bits per heavy atom. The summed E-state index contributed by atoms with van der Waals surface area (Å²) in [5, 5.41) is 0. The topological polar surface area (TPSA) is 49.5 Å². The number of fused-ring (bicyclic) bond motifs is 3. The molecule has 0 saturated carbocycles. The van der Waals surface area contributed by atoms with E-state index in [1.165, 1.54) is 0 Å². The van der Waals surface area contributed by atoms with E-state index < -0.39 is 0 Å². The summed E-state index contributed by atoms with van der Waals surface area (Å²) in [6.45, 7) is 0.497. The summed E-state index contributed by atoms with van der Waals surface area (Å²) < 4.78 is 28.4. The Labute approximate surface area is 111 Å². The maximum absolute atomic E-state index is 6.00. The maximum Gasteiger partial charge on any atom is 0.186 e. The maximum atomic E-state index is 6.00. The average molecular weight is 264 g/mol. The molecule has 0 N–H and O–H groups in total. The highest BCUT2D eigenvalue weighted by Gasteiger charge is 2.60. The summed E-state index contributed by atoms with van der Waals surface area (Å²) in [6, 6.07) is 9.92. The van der Waals surface area contributed by atoms with Crippen molar-refractivity contribution in [3.8, 4) is 0 Å². The molecule has 19 heavy (non-hydrogen) atoms. The van der Waals surface area contributed by atoms with Crippen LogP contribution in [-0.2, 0) is 23.7 Å². The second-order valence-electron chi connectivity index (χ2n) is 5.02. The fraction of sp³-hybridized carbons (Fsp3) is 0.571. The van der Waals surface area contributed by atoms with Gasteiger partial charge in [0.2, 0.25) is 0 Å². The molecule has 0 unspecified atom stereocenters. The molecule has 1 aromatic carbocycles. The first kappa shape index (κ1) is 11.8. The quantitative estimate of drug-likeness (QED) is 0.752. The van der Waals surface area contributed by atoms with Gasteiger partial charge in [0.05, 0.1) is 6.61 Å². The normalized spacial score (nSPS) is 44.3. The molecule has 5 heteroatoms. The summed E-state index contributed by atoms with van der Waals surface area (Å²) >= 11 is 0. The van der Waals surface area contributed by atoms with Gasteiger partial charge in [-0.05, 0) is 0 Å². The molecule has 0 spiro atoms. The minimum atomic E-state index is -0.338. The largest absolute Gasteiger partial charge is 0.361 e. The van der Waals surface area contributed by atoms with E-state index in [1.54, 1.807) is 7.11 Å². The van der Waals surface area contributed by atoms with E-state index in [4.69, 9.17) is 23.7 Å². The van der Waals surface area contributed by atoms with Crippen LogP contribution in [0.4, 0.5) is 0 Å². The molecule has 3 fully saturated rings. The number of hydrogen-bond donors (Lipinski definition) is 0. The fourth-order valence-electron chi connectivity index (χ4n) is 2.80. The van der Waals surface area contributed by atoms with Gasteiger partial charge in [-0.25, -0.2) is 0 Å². The summed E-state index contributed by atoms with van der Waals surface area (Å²) in [4.78, 5) is 0. The van der Waals surface area contributed by atoms with E-state index in [9.17, 15) is 0 Å². The lowest BCUT2D eigenvalue weighted by atomic mass is 10.0. The lowest BCUT2D eigenvalue weighted by molar-refractivity contribution is -0.304. The Kier molecular flexibility index (Phi) is 2.82. The minimum absolute atomic E-state index is 0.000716. The number of ether oxygens (including phenoxy) is 5. The first-order chi connectivity index (χ1) is 9.36. The number of methoxy groups -OCH3 is 1. The van der Waals surface area contributed by atoms with Gasteiger partial charge in [-0.2, -0.15) is 0 Å². The minimum Gasteiger partial charge on any atom is -0.361 e. The third-order valence-corrected chi connectivity index (χ3v) is 3.83. The predicted molar refractivity (Wildman–Crippen MR) is 64.3 cm³/mol. The first-order valence-corrected chi connectivity index (χ1v) is 6.52. The van der Waals surface area contributed by atoms with Crippen molar-refractivity contribution >= 4 is 0 Å². The molecule has 3 aliphatic heterocycles. The highest BCUT2D eigenvalue weighted by Crippen LogP contribution is 2.43. The molecule has 4 rings (SSSR count). The van der Waals surface area contributed by atoms with Crippen molar-refractivity contribution in [3.05, 3.63) is 35.9 Å². The molecule has 3 aliphatic rings. The SMILES string of the molecule is CO[C@@H]1O[C@@H]2CO[C@H](c3ccccc3)O[C@H]2[C@@H]2O[C@H]12. The highest BCUT2D eigenvalue weighted by molar-refractivity contribution is 5.17. The van der Waals surface area contributed by atoms with Crippen molar-refractivity contribution < 1.29 is 23.7 Å². The fourth-order valence-corrected chi connectivity index (χ4v) is 2.80. The van der Waals surface area contributed by atoms with Crippen LogP contribution < -0.4 is 0 Å². The van der Waals surface area contributed by atoms with Crippen LogP contribution in [0.25, 0.3) is 0 Å². The van der Waals surface area contributed by atoms with Crippen LogP contribution in [0, 0.1) is 0 Å². The lowest BCUT2D eigenvalue weighted by Gasteiger charge is -2.39. The van der Waals surface area contributed by atoms with E-state index in [1.807, 2.05) is 30.3 Å². The Hall–Kier alpha value is -0.980. The zero-order valence-corrected chi connectivity index (χ0v) is 10.6. The number of benzene rings is 1. The summed E-state index contributed by atoms with van der Waals surface area (Å²) in [7, 11) is 1.63. The van der Waals surface area contributed by atoms with E-state index >= 15 is 0 Å². The van der Waals surface area contributed by atoms with Crippen LogP contribution in [0.2, 0.25) is 0 Å². The van der Waals surface area contributed by atoms with Gasteiger partial charge in [0.15, 0.2) is 12.6 Å². The molecule has 3 saturated heterocycles. The zero-order chi connectivity index (χ0) is 12.8. The van der Waals surface area contributed by atoms with Gasteiger partial charge in [0, 0.05) is 12.7 Å². The average Bonchev–Trinajstić information content (AvgIpc) is 3.27. The first-order valence-electron chi connectivity index (χ1n) is 6.52. The number of epoxide rings is 1. The molecule has 6 atom stereocenters. The molecule has 0 bridgehead atoms. The smallest absolute Gasteiger partial charge is 0.186 e. The summed E-state index contributed by atoms with van der Waals surface area (Å²) in [6.07, 6.45) is -0.759. The second-order valence-corrected chi connectivity index (χ2v) is 5.02. The Balaban J connectivity index is 1.50. The highest BCUT2D eigenvalue weighted by atomic mass is 16.8. The molecular formula is C14H16O5. The van der Waals surface area contributed by atoms with Gasteiger partial charge in [0.25, 0.3) is 0 Å². The number of hydrogen-bond acceptors (Lipinski definition) is 5. The van der Waals surface area contributed by atoms with Crippen molar-refractivity contribution in [3.63, 3.8) is 0 Å². The molecule has 0 radical (unpaired) electrons. The summed E-state index contributed by atoms with van der Waals surface area (Å²) in [5.41, 5.74) is 1.02. The van der Waals surface area contributed by atoms with E-state index in [0.29, 0.717) is 6.61 Å². The van der Waals surface area contributed by atoms with Crippen molar-refractivity contribution in [1.29, 1.82) is 0 Å². The van der Waals surface area contributed by atoms with Crippen molar-refractivity contribution in [2.45, 2.75) is 37.0 Å². The third-order valence-electron chi connectivity index (χ3n) is 3.83. The number of rotatable bonds is 2. The third kappa shape index (κ3) is 1.98. The molecule has 0 amide bonds. The van der Waals surface area contributed by atoms with Gasteiger partial charge < -0.3 is 23.7 Å². The van der Waals surface area contributed by atoms with Gasteiger partial charge in [-0.15, -0.1) is 0 Å². The van der Waals surface area contributed by atoms with Crippen LogP contribution in [-0.4, -0.2) is 44.4 Å². The van der Waals surface area contributed by atoms with E-state index in [-0.39, 0.29) is 37.0 Å². The standard InChI is InChI=1S/C14H16O5/c1-15-14-12-11(18-12)10-9(17-14)7-16-13(19-10)8-5-3-2-4-6-8/h2-6,9-14H,7H2,1H3/t9-,10-,11+,12+,13+,14-/m1/s1. The molecule has 5 nitrogen and oxygen atoms in total. The molecule has 0 aromatic heterocycles. The van der Waals surface area contributed by atoms with E-state index in [2.05, 4.69) is 0 Å². The van der Waals surface area contributed by atoms with Crippen molar-refractivity contribution in [1.82, 2.24) is 0 Å². The van der Waals surface area contributed by atoms with E-state index in [0.717, 1.165) is 5.56 Å². The Bertz CT molecular complexity index is 450. The molecule has 0 aliphatic carbocycles. The predicted octanol–water partition coefficient (Wildman–Crippen LogP) is 1.24. The van der Waals surface area contributed by atoms with Gasteiger partial charge in [0.1, 0.15) is 24.4 Å². The van der Waals surface area contributed by atoms with Crippen LogP contribution >= 0.6 is 0 Å². The van der Waals surface area contributed by atoms with Crippen LogP contribution in [0.15, 0.2) is 30.3 Å². The van der Waals surface area contributed by atoms with Gasteiger partial charge in [-0.1, -0.05) is 30.3 Å². The van der Waals surface area contributed by atoms with Crippen molar-refractivity contribution in [2.24, 2.45) is 0 Å².